The molecule has 0 aliphatic carbocycles. The second-order valence-corrected chi connectivity index (χ2v) is 3.92. The molecule has 1 aromatic rings. The first-order chi connectivity index (χ1) is 6.90. The van der Waals surface area contributed by atoms with E-state index < -0.39 is 0 Å². The summed E-state index contributed by atoms with van der Waals surface area (Å²) in [5.74, 6) is 0.660. The molecule has 2 heterocycles. The second-order valence-electron chi connectivity index (χ2n) is 3.92. The van der Waals surface area contributed by atoms with Crippen LogP contribution in [0.2, 0.25) is 0 Å². The van der Waals surface area contributed by atoms with Gasteiger partial charge in [0.15, 0.2) is 0 Å². The Morgan fingerprint density at radius 1 is 1.36 bits per heavy atom. The van der Waals surface area contributed by atoms with E-state index in [2.05, 4.69) is 22.4 Å². The molecular formula is C11H17N3. The van der Waals surface area contributed by atoms with Crippen LogP contribution in [0.5, 0.6) is 0 Å². The molecule has 1 fully saturated rings. The number of rotatable bonds is 2. The van der Waals surface area contributed by atoms with Gasteiger partial charge in [0.1, 0.15) is 0 Å². The van der Waals surface area contributed by atoms with Crippen molar-refractivity contribution in [2.75, 3.05) is 13.1 Å². The zero-order valence-corrected chi connectivity index (χ0v) is 8.32. The molecule has 1 aliphatic heterocycles. The maximum atomic E-state index is 5.64. The number of pyridine rings is 1. The van der Waals surface area contributed by atoms with Gasteiger partial charge < -0.3 is 11.1 Å². The first-order valence-electron chi connectivity index (χ1n) is 5.23. The Labute approximate surface area is 84.7 Å². The number of piperidine rings is 1. The summed E-state index contributed by atoms with van der Waals surface area (Å²) < 4.78 is 0. The molecule has 3 nitrogen and oxygen atoms in total. The summed E-state index contributed by atoms with van der Waals surface area (Å²) in [4.78, 5) is 4.02. The lowest BCUT2D eigenvalue weighted by atomic mass is 9.91. The molecule has 0 amide bonds. The van der Waals surface area contributed by atoms with Crippen LogP contribution in [0, 0.1) is 5.92 Å². The van der Waals surface area contributed by atoms with E-state index in [-0.39, 0.29) is 0 Å². The Balaban J connectivity index is 1.96. The maximum Gasteiger partial charge on any atom is 0.0321 e. The van der Waals surface area contributed by atoms with Crippen LogP contribution in [-0.4, -0.2) is 18.1 Å². The van der Waals surface area contributed by atoms with Crippen molar-refractivity contribution in [3.8, 4) is 0 Å². The van der Waals surface area contributed by atoms with Crippen LogP contribution in [0.4, 0.5) is 0 Å². The third-order valence-electron chi connectivity index (χ3n) is 2.96. The minimum absolute atomic E-state index is 0.501. The molecular weight excluding hydrogens is 174 g/mol. The van der Waals surface area contributed by atoms with E-state index in [9.17, 15) is 0 Å². The SMILES string of the molecule is NCC1CCC(c2ccncc2)NC1. The Bertz CT molecular complexity index is 265. The zero-order chi connectivity index (χ0) is 9.80. The quantitative estimate of drug-likeness (QED) is 0.735. The van der Waals surface area contributed by atoms with Crippen molar-refractivity contribution < 1.29 is 0 Å². The van der Waals surface area contributed by atoms with Crippen molar-refractivity contribution >= 4 is 0 Å². The van der Waals surface area contributed by atoms with Gasteiger partial charge in [0.2, 0.25) is 0 Å². The molecule has 1 saturated heterocycles. The van der Waals surface area contributed by atoms with Crippen molar-refractivity contribution in [1.29, 1.82) is 0 Å². The summed E-state index contributed by atoms with van der Waals surface area (Å²) in [6, 6.07) is 4.67. The van der Waals surface area contributed by atoms with Crippen molar-refractivity contribution in [3.63, 3.8) is 0 Å². The normalized spacial score (nSPS) is 27.5. The Hall–Kier alpha value is -0.930. The highest BCUT2D eigenvalue weighted by Crippen LogP contribution is 2.24. The van der Waals surface area contributed by atoms with Crippen molar-refractivity contribution in [2.45, 2.75) is 18.9 Å². The molecule has 2 rings (SSSR count). The fraction of sp³-hybridized carbons (Fsp3) is 0.545. The number of nitrogens with two attached hydrogens (primary N) is 1. The van der Waals surface area contributed by atoms with Crippen LogP contribution >= 0.6 is 0 Å². The molecule has 0 spiro atoms. The van der Waals surface area contributed by atoms with E-state index in [1.54, 1.807) is 0 Å². The van der Waals surface area contributed by atoms with Crippen molar-refractivity contribution in [3.05, 3.63) is 30.1 Å². The highest BCUT2D eigenvalue weighted by atomic mass is 14.9. The lowest BCUT2D eigenvalue weighted by Crippen LogP contribution is -2.36. The minimum Gasteiger partial charge on any atom is -0.330 e. The van der Waals surface area contributed by atoms with Gasteiger partial charge in [-0.25, -0.2) is 0 Å². The van der Waals surface area contributed by atoms with E-state index in [4.69, 9.17) is 5.73 Å². The van der Waals surface area contributed by atoms with E-state index >= 15 is 0 Å². The van der Waals surface area contributed by atoms with Gasteiger partial charge in [-0.3, -0.25) is 4.98 Å². The van der Waals surface area contributed by atoms with Crippen LogP contribution < -0.4 is 11.1 Å². The molecule has 3 heteroatoms. The fourth-order valence-electron chi connectivity index (χ4n) is 2.00. The third kappa shape index (κ3) is 2.11. The predicted molar refractivity (Wildman–Crippen MR) is 56.8 cm³/mol. The molecule has 0 radical (unpaired) electrons. The first-order valence-corrected chi connectivity index (χ1v) is 5.23. The molecule has 0 aromatic carbocycles. The third-order valence-corrected chi connectivity index (χ3v) is 2.96. The van der Waals surface area contributed by atoms with Crippen LogP contribution in [-0.2, 0) is 0 Å². The Kier molecular flexibility index (Phi) is 3.11. The molecule has 14 heavy (non-hydrogen) atoms. The largest absolute Gasteiger partial charge is 0.330 e. The summed E-state index contributed by atoms with van der Waals surface area (Å²) >= 11 is 0. The average Bonchev–Trinajstić information content (AvgIpc) is 2.30. The van der Waals surface area contributed by atoms with Crippen molar-refractivity contribution in [2.24, 2.45) is 11.7 Å². The van der Waals surface area contributed by atoms with E-state index in [0.717, 1.165) is 13.1 Å². The molecule has 76 valence electrons. The summed E-state index contributed by atoms with van der Waals surface area (Å²) in [5.41, 5.74) is 6.98. The van der Waals surface area contributed by atoms with Gasteiger partial charge in [0, 0.05) is 18.4 Å². The van der Waals surface area contributed by atoms with Crippen LogP contribution in [0.3, 0.4) is 0 Å². The van der Waals surface area contributed by atoms with Gasteiger partial charge >= 0.3 is 0 Å². The molecule has 2 unspecified atom stereocenters. The smallest absolute Gasteiger partial charge is 0.0321 e. The number of aromatic nitrogens is 1. The maximum absolute atomic E-state index is 5.64. The van der Waals surface area contributed by atoms with Crippen LogP contribution in [0.15, 0.2) is 24.5 Å². The van der Waals surface area contributed by atoms with Gasteiger partial charge in [-0.2, -0.15) is 0 Å². The first kappa shape index (κ1) is 9.62. The van der Waals surface area contributed by atoms with Gasteiger partial charge in [0.25, 0.3) is 0 Å². The second kappa shape index (κ2) is 4.53. The summed E-state index contributed by atoms with van der Waals surface area (Å²) in [7, 11) is 0. The van der Waals surface area contributed by atoms with Gasteiger partial charge in [-0.15, -0.1) is 0 Å². The number of hydrogen-bond donors (Lipinski definition) is 2. The molecule has 2 atom stereocenters. The molecule has 0 bridgehead atoms. The summed E-state index contributed by atoms with van der Waals surface area (Å²) in [5, 5.41) is 3.53. The fourth-order valence-corrected chi connectivity index (χ4v) is 2.00. The average molecular weight is 191 g/mol. The van der Waals surface area contributed by atoms with Gasteiger partial charge in [-0.1, -0.05) is 0 Å². The van der Waals surface area contributed by atoms with E-state index in [0.29, 0.717) is 12.0 Å². The molecule has 3 N–H and O–H groups in total. The summed E-state index contributed by atoms with van der Waals surface area (Å²) in [6.45, 7) is 1.85. The molecule has 0 saturated carbocycles. The lowest BCUT2D eigenvalue weighted by molar-refractivity contribution is 0.320. The monoisotopic (exact) mass is 191 g/mol. The molecule has 1 aromatic heterocycles. The van der Waals surface area contributed by atoms with Crippen LogP contribution in [0.1, 0.15) is 24.4 Å². The topological polar surface area (TPSA) is 50.9 Å². The van der Waals surface area contributed by atoms with Gasteiger partial charge in [-0.05, 0) is 49.5 Å². The van der Waals surface area contributed by atoms with Crippen LogP contribution in [0.25, 0.3) is 0 Å². The predicted octanol–water partition coefficient (Wildman–Crippen LogP) is 1.08. The Morgan fingerprint density at radius 3 is 2.71 bits per heavy atom. The number of nitrogens with one attached hydrogen (secondary N) is 1. The van der Waals surface area contributed by atoms with Gasteiger partial charge in [0.05, 0.1) is 0 Å². The highest BCUT2D eigenvalue weighted by Gasteiger charge is 2.20. The molecule has 1 aliphatic rings. The highest BCUT2D eigenvalue weighted by molar-refractivity contribution is 5.15. The van der Waals surface area contributed by atoms with E-state index in [1.165, 1.54) is 18.4 Å². The lowest BCUT2D eigenvalue weighted by Gasteiger charge is -2.29. The summed E-state index contributed by atoms with van der Waals surface area (Å²) in [6.07, 6.45) is 6.13. The zero-order valence-electron chi connectivity index (χ0n) is 8.32. The number of nitrogens with zero attached hydrogens (tertiary/aromatic N) is 1. The Morgan fingerprint density at radius 2 is 2.14 bits per heavy atom. The van der Waals surface area contributed by atoms with E-state index in [1.807, 2.05) is 12.4 Å². The number of hydrogen-bond acceptors (Lipinski definition) is 3. The van der Waals surface area contributed by atoms with Crippen molar-refractivity contribution in [1.82, 2.24) is 10.3 Å². The standard InChI is InChI=1S/C11H17N3/c12-7-9-1-2-11(14-8-9)10-3-5-13-6-4-10/h3-6,9,11,14H,1-2,7-8,12H2. The minimum atomic E-state index is 0.501.